The van der Waals surface area contributed by atoms with Gasteiger partial charge >= 0.3 is 5.97 Å². The maximum absolute atomic E-state index is 11.5. The molecule has 0 saturated carbocycles. The standard InChI is InChI=1S/C13H16O3S/c1-3-16-13(14)6-9-8-17-12-7-10(15-2)4-5-11(9)12/h4-5,7,9H,3,6,8H2,1-2H3/t9-/m0/s1. The number of carbonyl (C=O) groups excluding carboxylic acids is 1. The van der Waals surface area contributed by atoms with Crippen LogP contribution in [0.3, 0.4) is 0 Å². The van der Waals surface area contributed by atoms with E-state index in [9.17, 15) is 4.79 Å². The number of carbonyl (C=O) groups is 1. The Balaban J connectivity index is 2.09. The van der Waals surface area contributed by atoms with Crippen molar-refractivity contribution >= 4 is 17.7 Å². The lowest BCUT2D eigenvalue weighted by Gasteiger charge is -2.10. The number of fused-ring (bicyclic) bond motifs is 1. The Morgan fingerprint density at radius 3 is 3.06 bits per heavy atom. The topological polar surface area (TPSA) is 35.5 Å². The van der Waals surface area contributed by atoms with E-state index in [0.717, 1.165) is 11.5 Å². The van der Waals surface area contributed by atoms with Crippen molar-refractivity contribution in [3.05, 3.63) is 23.8 Å². The Bertz CT molecular complexity index is 417. The zero-order chi connectivity index (χ0) is 12.3. The summed E-state index contributed by atoms with van der Waals surface area (Å²) in [6.45, 7) is 2.29. The van der Waals surface area contributed by atoms with E-state index in [4.69, 9.17) is 9.47 Å². The second-order valence-corrected chi connectivity index (χ2v) is 4.98. The minimum Gasteiger partial charge on any atom is -0.497 e. The highest BCUT2D eigenvalue weighted by Gasteiger charge is 2.26. The van der Waals surface area contributed by atoms with E-state index >= 15 is 0 Å². The molecule has 2 rings (SSSR count). The summed E-state index contributed by atoms with van der Waals surface area (Å²) in [4.78, 5) is 12.7. The van der Waals surface area contributed by atoms with Crippen LogP contribution in [-0.2, 0) is 9.53 Å². The average molecular weight is 252 g/mol. The number of hydrogen-bond acceptors (Lipinski definition) is 4. The first kappa shape index (κ1) is 12.3. The fourth-order valence-electron chi connectivity index (χ4n) is 1.97. The van der Waals surface area contributed by atoms with Crippen LogP contribution in [0.2, 0.25) is 0 Å². The van der Waals surface area contributed by atoms with Crippen LogP contribution in [0.5, 0.6) is 5.75 Å². The number of rotatable bonds is 4. The van der Waals surface area contributed by atoms with Gasteiger partial charge in [-0.1, -0.05) is 6.07 Å². The summed E-state index contributed by atoms with van der Waals surface area (Å²) in [7, 11) is 1.66. The highest BCUT2D eigenvalue weighted by atomic mass is 32.2. The molecule has 3 nitrogen and oxygen atoms in total. The quantitative estimate of drug-likeness (QED) is 0.772. The van der Waals surface area contributed by atoms with Gasteiger partial charge in [0.25, 0.3) is 0 Å². The van der Waals surface area contributed by atoms with Gasteiger partial charge in [0.05, 0.1) is 20.1 Å². The molecule has 92 valence electrons. The summed E-state index contributed by atoms with van der Waals surface area (Å²) in [6, 6.07) is 6.03. The van der Waals surface area contributed by atoms with Crippen molar-refractivity contribution in [1.82, 2.24) is 0 Å². The molecule has 0 aliphatic carbocycles. The van der Waals surface area contributed by atoms with Gasteiger partial charge in [-0.05, 0) is 24.6 Å². The van der Waals surface area contributed by atoms with Gasteiger partial charge in [0.15, 0.2) is 0 Å². The zero-order valence-electron chi connectivity index (χ0n) is 10.1. The number of methoxy groups -OCH3 is 1. The molecule has 0 radical (unpaired) electrons. The Morgan fingerprint density at radius 2 is 2.35 bits per heavy atom. The molecule has 17 heavy (non-hydrogen) atoms. The van der Waals surface area contributed by atoms with Crippen molar-refractivity contribution in [2.75, 3.05) is 19.5 Å². The van der Waals surface area contributed by atoms with E-state index in [2.05, 4.69) is 6.07 Å². The summed E-state index contributed by atoms with van der Waals surface area (Å²) in [5, 5.41) is 0. The van der Waals surface area contributed by atoms with Crippen molar-refractivity contribution < 1.29 is 14.3 Å². The molecule has 0 unspecified atom stereocenters. The molecular weight excluding hydrogens is 236 g/mol. The predicted molar refractivity (Wildman–Crippen MR) is 67.7 cm³/mol. The molecular formula is C13H16O3S. The maximum atomic E-state index is 11.5. The van der Waals surface area contributed by atoms with E-state index < -0.39 is 0 Å². The first-order valence-electron chi connectivity index (χ1n) is 5.71. The minimum absolute atomic E-state index is 0.109. The van der Waals surface area contributed by atoms with E-state index in [1.165, 1.54) is 10.5 Å². The van der Waals surface area contributed by atoms with Crippen LogP contribution in [0.1, 0.15) is 24.8 Å². The smallest absolute Gasteiger partial charge is 0.306 e. The van der Waals surface area contributed by atoms with Gasteiger partial charge in [0.2, 0.25) is 0 Å². The third-order valence-electron chi connectivity index (χ3n) is 2.82. The Labute approximate surface area is 105 Å². The molecule has 1 aromatic carbocycles. The van der Waals surface area contributed by atoms with Crippen LogP contribution >= 0.6 is 11.8 Å². The third-order valence-corrected chi connectivity index (χ3v) is 4.05. The summed E-state index contributed by atoms with van der Waals surface area (Å²) in [5.74, 6) is 1.98. The molecule has 0 N–H and O–H groups in total. The Morgan fingerprint density at radius 1 is 1.53 bits per heavy atom. The largest absolute Gasteiger partial charge is 0.497 e. The van der Waals surface area contributed by atoms with Crippen molar-refractivity contribution in [3.63, 3.8) is 0 Å². The number of esters is 1. The molecule has 1 aliphatic heterocycles. The van der Waals surface area contributed by atoms with Crippen LogP contribution in [0, 0.1) is 0 Å². The highest BCUT2D eigenvalue weighted by molar-refractivity contribution is 7.99. The van der Waals surface area contributed by atoms with Gasteiger partial charge in [0, 0.05) is 16.6 Å². The van der Waals surface area contributed by atoms with Crippen LogP contribution < -0.4 is 4.74 Å². The molecule has 1 atom stereocenters. The third kappa shape index (κ3) is 2.75. The van der Waals surface area contributed by atoms with Gasteiger partial charge in [-0.25, -0.2) is 0 Å². The first-order chi connectivity index (χ1) is 8.24. The van der Waals surface area contributed by atoms with Crippen molar-refractivity contribution in [3.8, 4) is 5.75 Å². The summed E-state index contributed by atoms with van der Waals surface area (Å²) < 4.78 is 10.2. The first-order valence-corrected chi connectivity index (χ1v) is 6.69. The lowest BCUT2D eigenvalue weighted by Crippen LogP contribution is -2.10. The fourth-order valence-corrected chi connectivity index (χ4v) is 3.25. The lowest BCUT2D eigenvalue weighted by molar-refractivity contribution is -0.143. The van der Waals surface area contributed by atoms with Gasteiger partial charge in [-0.2, -0.15) is 0 Å². The predicted octanol–water partition coefficient (Wildman–Crippen LogP) is 2.84. The van der Waals surface area contributed by atoms with E-state index in [-0.39, 0.29) is 11.9 Å². The number of hydrogen-bond donors (Lipinski definition) is 0. The van der Waals surface area contributed by atoms with Gasteiger partial charge < -0.3 is 9.47 Å². The summed E-state index contributed by atoms with van der Waals surface area (Å²) in [5.41, 5.74) is 1.24. The van der Waals surface area contributed by atoms with Gasteiger partial charge in [-0.3, -0.25) is 4.79 Å². The summed E-state index contributed by atoms with van der Waals surface area (Å²) >= 11 is 1.78. The molecule has 0 bridgehead atoms. The monoisotopic (exact) mass is 252 g/mol. The zero-order valence-corrected chi connectivity index (χ0v) is 10.9. The molecule has 4 heteroatoms. The van der Waals surface area contributed by atoms with Crippen LogP contribution in [0.4, 0.5) is 0 Å². The second-order valence-electron chi connectivity index (χ2n) is 3.92. The lowest BCUT2D eigenvalue weighted by atomic mass is 9.98. The molecule has 0 aromatic heterocycles. The molecule has 1 aliphatic rings. The van der Waals surface area contributed by atoms with Crippen molar-refractivity contribution in [2.45, 2.75) is 24.2 Å². The fraction of sp³-hybridized carbons (Fsp3) is 0.462. The van der Waals surface area contributed by atoms with Crippen LogP contribution in [0.15, 0.2) is 23.1 Å². The molecule has 0 amide bonds. The van der Waals surface area contributed by atoms with E-state index in [0.29, 0.717) is 13.0 Å². The average Bonchev–Trinajstić information content (AvgIpc) is 2.72. The van der Waals surface area contributed by atoms with Crippen molar-refractivity contribution in [1.29, 1.82) is 0 Å². The highest BCUT2D eigenvalue weighted by Crippen LogP contribution is 2.42. The molecule has 0 saturated heterocycles. The summed E-state index contributed by atoms with van der Waals surface area (Å²) in [6.07, 6.45) is 0.472. The normalized spacial score (nSPS) is 17.6. The van der Waals surface area contributed by atoms with Crippen LogP contribution in [-0.4, -0.2) is 25.4 Å². The van der Waals surface area contributed by atoms with Crippen LogP contribution in [0.25, 0.3) is 0 Å². The van der Waals surface area contributed by atoms with Crippen molar-refractivity contribution in [2.24, 2.45) is 0 Å². The molecule has 1 heterocycles. The number of benzene rings is 1. The van der Waals surface area contributed by atoms with E-state index in [1.54, 1.807) is 18.9 Å². The molecule has 0 fully saturated rings. The van der Waals surface area contributed by atoms with Gasteiger partial charge in [0.1, 0.15) is 5.75 Å². The number of thioether (sulfide) groups is 1. The second kappa shape index (κ2) is 5.45. The Hall–Kier alpha value is -1.16. The SMILES string of the molecule is CCOC(=O)C[C@H]1CSc2cc(OC)ccc21. The van der Waals surface area contributed by atoms with E-state index in [1.807, 2.05) is 19.1 Å². The Kier molecular flexibility index (Phi) is 3.94. The molecule has 1 aromatic rings. The molecule has 0 spiro atoms. The maximum Gasteiger partial charge on any atom is 0.306 e. The number of ether oxygens (including phenoxy) is 2. The van der Waals surface area contributed by atoms with Gasteiger partial charge in [-0.15, -0.1) is 11.8 Å². The minimum atomic E-state index is -0.109.